The number of fused-ring (bicyclic) bond motifs is 1. The van der Waals surface area contributed by atoms with Crippen LogP contribution >= 0.6 is 0 Å². The second-order valence-corrected chi connectivity index (χ2v) is 4.96. The normalized spacial score (nSPS) is 15.2. The van der Waals surface area contributed by atoms with Gasteiger partial charge in [0, 0.05) is 37.5 Å². The van der Waals surface area contributed by atoms with Crippen LogP contribution in [-0.2, 0) is 13.6 Å². The fourth-order valence-electron chi connectivity index (χ4n) is 2.57. The number of rotatable bonds is 2. The van der Waals surface area contributed by atoms with E-state index in [4.69, 9.17) is 0 Å². The highest BCUT2D eigenvalue weighted by Crippen LogP contribution is 2.27. The Morgan fingerprint density at radius 1 is 1.32 bits per heavy atom. The van der Waals surface area contributed by atoms with E-state index < -0.39 is 0 Å². The fraction of sp³-hybridized carbons (Fsp3) is 0.333. The first-order valence-corrected chi connectivity index (χ1v) is 6.58. The zero-order valence-corrected chi connectivity index (χ0v) is 11.0. The molecule has 0 atom stereocenters. The number of imidazole rings is 1. The maximum Gasteiger partial charge on any atom is 0.165 e. The van der Waals surface area contributed by atoms with Crippen molar-refractivity contribution in [2.45, 2.75) is 19.4 Å². The molecule has 1 aromatic heterocycles. The van der Waals surface area contributed by atoms with Crippen molar-refractivity contribution in [3.8, 4) is 0 Å². The number of carbonyl (C=O) groups is 1. The van der Waals surface area contributed by atoms with E-state index >= 15 is 0 Å². The van der Waals surface area contributed by atoms with E-state index in [1.54, 1.807) is 0 Å². The van der Waals surface area contributed by atoms with E-state index in [2.05, 4.69) is 9.88 Å². The van der Waals surface area contributed by atoms with Gasteiger partial charge in [-0.25, -0.2) is 4.98 Å². The maximum atomic E-state index is 12.1. The van der Waals surface area contributed by atoms with Gasteiger partial charge in [-0.3, -0.25) is 4.79 Å². The van der Waals surface area contributed by atoms with Gasteiger partial charge < -0.3 is 9.47 Å². The van der Waals surface area contributed by atoms with Crippen molar-refractivity contribution in [3.05, 3.63) is 48.0 Å². The smallest absolute Gasteiger partial charge is 0.165 e. The Bertz CT molecular complexity index is 603. The number of aryl methyl sites for hydroxylation is 1. The van der Waals surface area contributed by atoms with Gasteiger partial charge in [0.2, 0.25) is 0 Å². The molecule has 0 spiro atoms. The molecule has 4 heteroatoms. The lowest BCUT2D eigenvalue weighted by atomic mass is 10.1. The number of Topliss-reactive ketones (excluding diaryl/α,β-unsaturated/α-hetero) is 1. The highest BCUT2D eigenvalue weighted by Gasteiger charge is 2.20. The molecule has 0 N–H and O–H groups in total. The second-order valence-electron chi connectivity index (χ2n) is 4.96. The van der Waals surface area contributed by atoms with Crippen molar-refractivity contribution >= 4 is 11.5 Å². The Labute approximate surface area is 112 Å². The summed E-state index contributed by atoms with van der Waals surface area (Å²) in [6, 6.07) is 7.89. The van der Waals surface area contributed by atoms with E-state index in [-0.39, 0.29) is 5.78 Å². The summed E-state index contributed by atoms with van der Waals surface area (Å²) in [6.45, 7) is 1.70. The zero-order chi connectivity index (χ0) is 13.2. The number of carbonyl (C=O) groups excluding carboxylic acids is 1. The number of hydrogen-bond acceptors (Lipinski definition) is 3. The van der Waals surface area contributed by atoms with Crippen LogP contribution in [0.4, 0.5) is 5.69 Å². The molecule has 0 fully saturated rings. The number of anilines is 1. The average molecular weight is 255 g/mol. The molecule has 1 aromatic carbocycles. The standard InChI is InChI=1S/C15H17N3O/c1-17-11-16-9-12(17)10-18-8-4-7-15(19)13-5-2-3-6-14(13)18/h2-3,5-6,9,11H,4,7-8,10H2,1H3. The lowest BCUT2D eigenvalue weighted by Crippen LogP contribution is -2.24. The SMILES string of the molecule is Cn1cncc1CN1CCCC(=O)c2ccccc21. The lowest BCUT2D eigenvalue weighted by Gasteiger charge is -2.24. The van der Waals surface area contributed by atoms with Crippen molar-refractivity contribution in [3.63, 3.8) is 0 Å². The molecular weight excluding hydrogens is 238 g/mol. The van der Waals surface area contributed by atoms with Gasteiger partial charge in [-0.15, -0.1) is 0 Å². The summed E-state index contributed by atoms with van der Waals surface area (Å²) in [6.07, 6.45) is 5.24. The molecule has 0 saturated carbocycles. The minimum atomic E-state index is 0.253. The minimum Gasteiger partial charge on any atom is -0.365 e. The molecule has 2 aromatic rings. The van der Waals surface area contributed by atoms with E-state index in [0.29, 0.717) is 6.42 Å². The van der Waals surface area contributed by atoms with Crippen molar-refractivity contribution < 1.29 is 4.79 Å². The quantitative estimate of drug-likeness (QED) is 0.827. The van der Waals surface area contributed by atoms with Crippen LogP contribution in [0.25, 0.3) is 0 Å². The van der Waals surface area contributed by atoms with Gasteiger partial charge >= 0.3 is 0 Å². The first-order valence-electron chi connectivity index (χ1n) is 6.58. The predicted molar refractivity (Wildman–Crippen MR) is 74.3 cm³/mol. The fourth-order valence-corrected chi connectivity index (χ4v) is 2.57. The maximum absolute atomic E-state index is 12.1. The van der Waals surface area contributed by atoms with E-state index in [1.807, 2.05) is 48.4 Å². The number of para-hydroxylation sites is 1. The second kappa shape index (κ2) is 4.88. The average Bonchev–Trinajstić information content (AvgIpc) is 2.75. The molecule has 0 radical (unpaired) electrons. The summed E-state index contributed by atoms with van der Waals surface area (Å²) in [4.78, 5) is 18.5. The van der Waals surface area contributed by atoms with Gasteiger partial charge in [0.05, 0.1) is 18.6 Å². The van der Waals surface area contributed by atoms with Gasteiger partial charge in [-0.05, 0) is 18.6 Å². The van der Waals surface area contributed by atoms with E-state index in [1.165, 1.54) is 0 Å². The van der Waals surface area contributed by atoms with Crippen LogP contribution in [-0.4, -0.2) is 21.9 Å². The Morgan fingerprint density at radius 2 is 2.16 bits per heavy atom. The number of hydrogen-bond donors (Lipinski definition) is 0. The van der Waals surface area contributed by atoms with E-state index in [0.717, 1.165) is 36.5 Å². The molecule has 0 saturated heterocycles. The number of benzene rings is 1. The Morgan fingerprint density at radius 3 is 2.95 bits per heavy atom. The molecule has 19 heavy (non-hydrogen) atoms. The Balaban J connectivity index is 1.95. The molecule has 0 unspecified atom stereocenters. The number of aromatic nitrogens is 2. The monoisotopic (exact) mass is 255 g/mol. The highest BCUT2D eigenvalue weighted by atomic mass is 16.1. The summed E-state index contributed by atoms with van der Waals surface area (Å²) in [5.74, 6) is 0.253. The predicted octanol–water partition coefficient (Wildman–Crippen LogP) is 2.40. The third kappa shape index (κ3) is 2.26. The topological polar surface area (TPSA) is 38.1 Å². The Kier molecular flexibility index (Phi) is 3.07. The molecule has 98 valence electrons. The zero-order valence-electron chi connectivity index (χ0n) is 11.0. The summed E-state index contributed by atoms with van der Waals surface area (Å²) < 4.78 is 2.02. The van der Waals surface area contributed by atoms with Gasteiger partial charge in [0.25, 0.3) is 0 Å². The summed E-state index contributed by atoms with van der Waals surface area (Å²) in [5, 5.41) is 0. The largest absolute Gasteiger partial charge is 0.365 e. The molecule has 0 amide bonds. The highest BCUT2D eigenvalue weighted by molar-refractivity contribution is 6.01. The van der Waals surface area contributed by atoms with Gasteiger partial charge in [-0.1, -0.05) is 12.1 Å². The molecule has 1 aliphatic heterocycles. The molecule has 4 nitrogen and oxygen atoms in total. The van der Waals surface area contributed by atoms with Crippen LogP contribution in [0.5, 0.6) is 0 Å². The van der Waals surface area contributed by atoms with Crippen molar-refractivity contribution in [1.29, 1.82) is 0 Å². The minimum absolute atomic E-state index is 0.253. The summed E-state index contributed by atoms with van der Waals surface area (Å²) in [7, 11) is 2.00. The van der Waals surface area contributed by atoms with E-state index in [9.17, 15) is 4.79 Å². The van der Waals surface area contributed by atoms with Crippen LogP contribution in [0, 0.1) is 0 Å². The molecule has 0 bridgehead atoms. The van der Waals surface area contributed by atoms with Crippen molar-refractivity contribution in [2.75, 3.05) is 11.4 Å². The van der Waals surface area contributed by atoms with Crippen LogP contribution in [0.2, 0.25) is 0 Å². The van der Waals surface area contributed by atoms with Crippen LogP contribution < -0.4 is 4.90 Å². The molecular formula is C15H17N3O. The van der Waals surface area contributed by atoms with Crippen LogP contribution in [0.3, 0.4) is 0 Å². The third-order valence-electron chi connectivity index (χ3n) is 3.65. The van der Waals surface area contributed by atoms with Gasteiger partial charge in [0.15, 0.2) is 5.78 Å². The molecule has 3 rings (SSSR count). The molecule has 2 heterocycles. The number of ketones is 1. The van der Waals surface area contributed by atoms with Gasteiger partial charge in [-0.2, -0.15) is 0 Å². The Hall–Kier alpha value is -2.10. The lowest BCUT2D eigenvalue weighted by molar-refractivity contribution is 0.0984. The van der Waals surface area contributed by atoms with Crippen molar-refractivity contribution in [2.24, 2.45) is 7.05 Å². The summed E-state index contributed by atoms with van der Waals surface area (Å²) in [5.41, 5.74) is 3.05. The number of nitrogens with zero attached hydrogens (tertiary/aromatic N) is 3. The van der Waals surface area contributed by atoms with Crippen molar-refractivity contribution in [1.82, 2.24) is 9.55 Å². The first-order chi connectivity index (χ1) is 9.25. The third-order valence-corrected chi connectivity index (χ3v) is 3.65. The van der Waals surface area contributed by atoms with Crippen LogP contribution in [0.1, 0.15) is 28.9 Å². The van der Waals surface area contributed by atoms with Gasteiger partial charge in [0.1, 0.15) is 0 Å². The molecule has 0 aliphatic carbocycles. The molecule has 1 aliphatic rings. The summed E-state index contributed by atoms with van der Waals surface area (Å²) >= 11 is 0. The van der Waals surface area contributed by atoms with Crippen LogP contribution in [0.15, 0.2) is 36.8 Å². The first kappa shape index (κ1) is 12.0.